The zero-order valence-electron chi connectivity index (χ0n) is 18.1. The molecule has 2 atom stereocenters. The lowest BCUT2D eigenvalue weighted by Gasteiger charge is -2.45. The first-order valence-corrected chi connectivity index (χ1v) is 11.2. The summed E-state index contributed by atoms with van der Waals surface area (Å²) in [6, 6.07) is 16.1. The lowest BCUT2D eigenvalue weighted by atomic mass is 9.97. The number of alkyl halides is 3. The zero-order valence-corrected chi connectivity index (χ0v) is 18.1. The lowest BCUT2D eigenvalue weighted by molar-refractivity contribution is -0.174. The standard InChI is InChI=1S/C25H31F3N2O/c1-24(31-19-20-9-3-2-4-10-20)14-7-8-15-30(24)18-21-13-16-29(17-21)23-12-6-5-11-22(23)25(26,27)28/h2-6,9-12,21H,7-8,13-19H2,1H3/t21-,24?/m0/s1. The van der Waals surface area contributed by atoms with Crippen LogP contribution in [0.5, 0.6) is 0 Å². The molecular formula is C25H31F3N2O. The Kier molecular flexibility index (Phi) is 6.58. The van der Waals surface area contributed by atoms with E-state index < -0.39 is 11.7 Å². The number of likely N-dealkylation sites (tertiary alicyclic amines) is 1. The molecule has 2 heterocycles. The van der Waals surface area contributed by atoms with E-state index in [1.54, 1.807) is 12.1 Å². The van der Waals surface area contributed by atoms with E-state index in [0.29, 0.717) is 31.3 Å². The van der Waals surface area contributed by atoms with Crippen molar-refractivity contribution in [2.75, 3.05) is 31.1 Å². The molecule has 0 aliphatic carbocycles. The number of halogens is 3. The predicted octanol–water partition coefficient (Wildman–Crippen LogP) is 5.95. The fraction of sp³-hybridized carbons (Fsp3) is 0.520. The summed E-state index contributed by atoms with van der Waals surface area (Å²) in [6.07, 6.45) is -0.175. The maximum Gasteiger partial charge on any atom is 0.418 e. The highest BCUT2D eigenvalue weighted by molar-refractivity contribution is 5.55. The topological polar surface area (TPSA) is 15.7 Å². The predicted molar refractivity (Wildman–Crippen MR) is 117 cm³/mol. The van der Waals surface area contributed by atoms with Crippen LogP contribution in [0.3, 0.4) is 0 Å². The summed E-state index contributed by atoms with van der Waals surface area (Å²) < 4.78 is 46.8. The number of rotatable bonds is 6. The summed E-state index contributed by atoms with van der Waals surface area (Å²) in [6.45, 7) is 5.88. The second-order valence-corrected chi connectivity index (χ2v) is 8.97. The molecule has 0 spiro atoms. The van der Waals surface area contributed by atoms with Gasteiger partial charge in [-0.15, -0.1) is 0 Å². The number of ether oxygens (including phenoxy) is 1. The van der Waals surface area contributed by atoms with Crippen LogP contribution in [0.2, 0.25) is 0 Å². The fourth-order valence-corrected chi connectivity index (χ4v) is 4.91. The molecule has 0 aromatic heterocycles. The summed E-state index contributed by atoms with van der Waals surface area (Å²) in [5, 5.41) is 0. The van der Waals surface area contributed by atoms with Gasteiger partial charge in [-0.3, -0.25) is 4.90 Å². The molecule has 4 rings (SSSR count). The molecule has 2 aliphatic heterocycles. The molecule has 0 radical (unpaired) electrons. The lowest BCUT2D eigenvalue weighted by Crippen LogP contribution is -2.53. The molecule has 2 fully saturated rings. The van der Waals surface area contributed by atoms with Gasteiger partial charge in [-0.1, -0.05) is 42.5 Å². The molecule has 0 amide bonds. The number of para-hydroxylation sites is 1. The number of hydrogen-bond donors (Lipinski definition) is 0. The van der Waals surface area contributed by atoms with Gasteiger partial charge in [0.2, 0.25) is 0 Å². The van der Waals surface area contributed by atoms with E-state index in [2.05, 4.69) is 24.0 Å². The largest absolute Gasteiger partial charge is 0.418 e. The molecule has 6 heteroatoms. The minimum absolute atomic E-state index is 0.305. The van der Waals surface area contributed by atoms with Crippen LogP contribution in [0, 0.1) is 5.92 Å². The Morgan fingerprint density at radius 2 is 1.74 bits per heavy atom. The van der Waals surface area contributed by atoms with Gasteiger partial charge in [-0.25, -0.2) is 0 Å². The van der Waals surface area contributed by atoms with Crippen LogP contribution in [-0.2, 0) is 17.5 Å². The maximum atomic E-state index is 13.4. The van der Waals surface area contributed by atoms with Crippen molar-refractivity contribution in [3.8, 4) is 0 Å². The third kappa shape index (κ3) is 5.24. The first-order chi connectivity index (χ1) is 14.9. The molecule has 2 aliphatic rings. The summed E-state index contributed by atoms with van der Waals surface area (Å²) in [5.41, 5.74) is 0.597. The van der Waals surface area contributed by atoms with Gasteiger partial charge in [-0.2, -0.15) is 13.2 Å². The smallest absolute Gasteiger partial charge is 0.371 e. The Labute approximate surface area is 182 Å². The van der Waals surface area contributed by atoms with Gasteiger partial charge in [0.25, 0.3) is 0 Å². The van der Waals surface area contributed by atoms with Crippen LogP contribution in [0.25, 0.3) is 0 Å². The number of hydrogen-bond acceptors (Lipinski definition) is 3. The van der Waals surface area contributed by atoms with E-state index >= 15 is 0 Å². The van der Waals surface area contributed by atoms with Crippen molar-refractivity contribution in [2.24, 2.45) is 5.92 Å². The van der Waals surface area contributed by atoms with Gasteiger partial charge in [0, 0.05) is 31.9 Å². The third-order valence-electron chi connectivity index (χ3n) is 6.69. The van der Waals surface area contributed by atoms with E-state index in [9.17, 15) is 13.2 Å². The van der Waals surface area contributed by atoms with Crippen LogP contribution in [0.1, 0.15) is 43.7 Å². The second kappa shape index (κ2) is 9.21. The van der Waals surface area contributed by atoms with Crippen LogP contribution in [-0.4, -0.2) is 36.8 Å². The van der Waals surface area contributed by atoms with Crippen molar-refractivity contribution >= 4 is 5.69 Å². The van der Waals surface area contributed by atoms with Crippen molar-refractivity contribution in [3.63, 3.8) is 0 Å². The quantitative estimate of drug-likeness (QED) is 0.561. The molecule has 168 valence electrons. The number of piperidine rings is 1. The Bertz CT molecular complexity index is 857. The zero-order chi connectivity index (χ0) is 21.9. The highest BCUT2D eigenvalue weighted by atomic mass is 19.4. The number of nitrogens with zero attached hydrogens (tertiary/aromatic N) is 2. The van der Waals surface area contributed by atoms with Crippen molar-refractivity contribution < 1.29 is 17.9 Å². The van der Waals surface area contributed by atoms with Gasteiger partial charge in [0.1, 0.15) is 5.72 Å². The van der Waals surface area contributed by atoms with Gasteiger partial charge >= 0.3 is 6.18 Å². The first-order valence-electron chi connectivity index (χ1n) is 11.2. The Balaban J connectivity index is 1.40. The van der Waals surface area contributed by atoms with Gasteiger partial charge < -0.3 is 9.64 Å². The average Bonchev–Trinajstić information content (AvgIpc) is 3.23. The maximum absolute atomic E-state index is 13.4. The molecule has 3 nitrogen and oxygen atoms in total. The van der Waals surface area contributed by atoms with Gasteiger partial charge in [0.15, 0.2) is 0 Å². The minimum atomic E-state index is -4.33. The molecule has 2 aromatic rings. The molecule has 0 bridgehead atoms. The van der Waals surface area contributed by atoms with E-state index in [1.165, 1.54) is 12.1 Å². The molecular weight excluding hydrogens is 401 g/mol. The van der Waals surface area contributed by atoms with Gasteiger partial charge in [0.05, 0.1) is 12.2 Å². The molecule has 1 unspecified atom stereocenters. The third-order valence-corrected chi connectivity index (χ3v) is 6.69. The molecule has 0 N–H and O–H groups in total. The Morgan fingerprint density at radius 3 is 2.52 bits per heavy atom. The molecule has 31 heavy (non-hydrogen) atoms. The van der Waals surface area contributed by atoms with Crippen molar-refractivity contribution in [1.82, 2.24) is 4.90 Å². The molecule has 2 aromatic carbocycles. The van der Waals surface area contributed by atoms with E-state index in [1.807, 2.05) is 23.1 Å². The molecule has 2 saturated heterocycles. The van der Waals surface area contributed by atoms with Crippen molar-refractivity contribution in [2.45, 2.75) is 51.1 Å². The van der Waals surface area contributed by atoms with Crippen LogP contribution in [0.15, 0.2) is 54.6 Å². The fourth-order valence-electron chi connectivity index (χ4n) is 4.91. The highest BCUT2D eigenvalue weighted by Crippen LogP contribution is 2.39. The second-order valence-electron chi connectivity index (χ2n) is 8.97. The summed E-state index contributed by atoms with van der Waals surface area (Å²) in [5.74, 6) is 0.332. The summed E-state index contributed by atoms with van der Waals surface area (Å²) in [4.78, 5) is 4.32. The first kappa shape index (κ1) is 22.2. The SMILES string of the molecule is CC1(OCc2ccccc2)CCCCN1C[C@H]1CCN(c2ccccc2C(F)(F)F)C1. The molecule has 0 saturated carbocycles. The average molecular weight is 433 g/mol. The van der Waals surface area contributed by atoms with Crippen LogP contribution >= 0.6 is 0 Å². The van der Waals surface area contributed by atoms with E-state index in [4.69, 9.17) is 4.74 Å². The number of benzene rings is 2. The normalized spacial score (nSPS) is 25.2. The van der Waals surface area contributed by atoms with E-state index in [-0.39, 0.29) is 5.72 Å². The summed E-state index contributed by atoms with van der Waals surface area (Å²) in [7, 11) is 0. The van der Waals surface area contributed by atoms with Crippen molar-refractivity contribution in [1.29, 1.82) is 0 Å². The van der Waals surface area contributed by atoms with Crippen LogP contribution in [0.4, 0.5) is 18.9 Å². The monoisotopic (exact) mass is 432 g/mol. The number of anilines is 1. The highest BCUT2D eigenvalue weighted by Gasteiger charge is 2.39. The van der Waals surface area contributed by atoms with E-state index in [0.717, 1.165) is 44.3 Å². The minimum Gasteiger partial charge on any atom is -0.371 e. The Hall–Kier alpha value is -2.05. The van der Waals surface area contributed by atoms with Crippen molar-refractivity contribution in [3.05, 3.63) is 65.7 Å². The van der Waals surface area contributed by atoms with Crippen LogP contribution < -0.4 is 4.90 Å². The van der Waals surface area contributed by atoms with Gasteiger partial charge in [-0.05, 0) is 56.2 Å². The Morgan fingerprint density at radius 1 is 1.00 bits per heavy atom. The summed E-state index contributed by atoms with van der Waals surface area (Å²) >= 11 is 0.